The summed E-state index contributed by atoms with van der Waals surface area (Å²) in [5.74, 6) is 1.14. The lowest BCUT2D eigenvalue weighted by molar-refractivity contribution is 0.603. The molecule has 0 N–H and O–H groups in total. The van der Waals surface area contributed by atoms with Gasteiger partial charge in [0.05, 0.1) is 10.9 Å². The van der Waals surface area contributed by atoms with Gasteiger partial charge in [-0.25, -0.2) is 9.97 Å². The summed E-state index contributed by atoms with van der Waals surface area (Å²) >= 11 is 3.40. The van der Waals surface area contributed by atoms with Crippen LogP contribution in [0.1, 0.15) is 19.9 Å². The van der Waals surface area contributed by atoms with Gasteiger partial charge in [-0.1, -0.05) is 22.0 Å². The molecular formula is C18H15BrN6O. The van der Waals surface area contributed by atoms with E-state index in [1.807, 2.05) is 36.6 Å². The second-order valence-corrected chi connectivity index (χ2v) is 7.03. The second kappa shape index (κ2) is 6.45. The number of fused-ring (bicyclic) bond motifs is 1. The zero-order valence-corrected chi connectivity index (χ0v) is 15.8. The van der Waals surface area contributed by atoms with Crippen LogP contribution in [0.15, 0.2) is 58.3 Å². The average Bonchev–Trinajstić information content (AvgIpc) is 3.13. The Morgan fingerprint density at radius 1 is 1.12 bits per heavy atom. The number of pyridine rings is 1. The molecule has 0 radical (unpaired) electrons. The summed E-state index contributed by atoms with van der Waals surface area (Å²) < 4.78 is 4.20. The van der Waals surface area contributed by atoms with Crippen LogP contribution >= 0.6 is 15.9 Å². The first kappa shape index (κ1) is 16.6. The van der Waals surface area contributed by atoms with E-state index in [4.69, 9.17) is 0 Å². The van der Waals surface area contributed by atoms with Gasteiger partial charge in [-0.15, -0.1) is 10.2 Å². The Morgan fingerprint density at radius 2 is 1.96 bits per heavy atom. The Kier molecular flexibility index (Phi) is 4.12. The molecule has 1 aromatic carbocycles. The van der Waals surface area contributed by atoms with Crippen LogP contribution in [-0.2, 0) is 0 Å². The maximum Gasteiger partial charge on any atom is 0.267 e. The summed E-state index contributed by atoms with van der Waals surface area (Å²) in [6.07, 6.45) is 3.17. The number of rotatable bonds is 3. The normalized spacial score (nSPS) is 11.4. The largest absolute Gasteiger partial charge is 0.310 e. The fraction of sp³-hybridized carbons (Fsp3) is 0.167. The van der Waals surface area contributed by atoms with Crippen LogP contribution in [0.2, 0.25) is 0 Å². The van der Waals surface area contributed by atoms with E-state index in [0.29, 0.717) is 28.2 Å². The molecule has 4 rings (SSSR count). The molecule has 0 aliphatic rings. The highest BCUT2D eigenvalue weighted by Gasteiger charge is 2.13. The van der Waals surface area contributed by atoms with Gasteiger partial charge in [-0.2, -0.15) is 0 Å². The lowest BCUT2D eigenvalue weighted by atomic mass is 10.2. The van der Waals surface area contributed by atoms with Crippen molar-refractivity contribution < 1.29 is 0 Å². The minimum absolute atomic E-state index is 0.175. The molecule has 3 aromatic heterocycles. The van der Waals surface area contributed by atoms with Gasteiger partial charge in [0.1, 0.15) is 24.2 Å². The number of benzene rings is 1. The van der Waals surface area contributed by atoms with Crippen molar-refractivity contribution in [1.29, 1.82) is 0 Å². The van der Waals surface area contributed by atoms with E-state index in [9.17, 15) is 4.79 Å². The van der Waals surface area contributed by atoms with Crippen molar-refractivity contribution in [1.82, 2.24) is 29.3 Å². The van der Waals surface area contributed by atoms with E-state index >= 15 is 0 Å². The van der Waals surface area contributed by atoms with Crippen molar-refractivity contribution in [2.75, 3.05) is 0 Å². The molecule has 130 valence electrons. The third-order valence-corrected chi connectivity index (χ3v) is 4.55. The topological polar surface area (TPSA) is 78.5 Å². The van der Waals surface area contributed by atoms with E-state index in [1.165, 1.54) is 10.9 Å². The standard InChI is InChI=1S/C18H15BrN6O/c1-11(2)24-10-21-23-17(24)15-4-3-5-16(22-15)25-9-20-14-7-6-12(19)8-13(14)18(25)26/h3-11H,1-2H3. The maximum absolute atomic E-state index is 12.9. The van der Waals surface area contributed by atoms with Gasteiger partial charge in [0.15, 0.2) is 5.82 Å². The molecule has 8 heteroatoms. The molecule has 0 unspecified atom stereocenters. The Labute approximate surface area is 157 Å². The van der Waals surface area contributed by atoms with Crippen LogP contribution in [0.5, 0.6) is 0 Å². The van der Waals surface area contributed by atoms with Crippen molar-refractivity contribution in [3.63, 3.8) is 0 Å². The SMILES string of the molecule is CC(C)n1cnnc1-c1cccc(-n2cnc3ccc(Br)cc3c2=O)n1. The Bertz CT molecular complexity index is 1160. The van der Waals surface area contributed by atoms with Crippen LogP contribution in [0.25, 0.3) is 28.2 Å². The lowest BCUT2D eigenvalue weighted by Gasteiger charge is -2.11. The first-order valence-electron chi connectivity index (χ1n) is 8.09. The predicted octanol–water partition coefficient (Wildman–Crippen LogP) is 3.38. The number of aromatic nitrogens is 6. The summed E-state index contributed by atoms with van der Waals surface area (Å²) in [7, 11) is 0. The second-order valence-electron chi connectivity index (χ2n) is 6.12. The maximum atomic E-state index is 12.9. The summed E-state index contributed by atoms with van der Waals surface area (Å²) in [6, 6.07) is 11.1. The number of nitrogens with zero attached hydrogens (tertiary/aromatic N) is 6. The molecule has 0 aliphatic heterocycles. The average molecular weight is 411 g/mol. The van der Waals surface area contributed by atoms with Gasteiger partial charge in [0, 0.05) is 10.5 Å². The summed E-state index contributed by atoms with van der Waals surface area (Å²) in [5, 5.41) is 8.67. The first-order valence-corrected chi connectivity index (χ1v) is 8.88. The highest BCUT2D eigenvalue weighted by atomic mass is 79.9. The zero-order valence-electron chi connectivity index (χ0n) is 14.2. The summed E-state index contributed by atoms with van der Waals surface area (Å²) in [4.78, 5) is 21.9. The summed E-state index contributed by atoms with van der Waals surface area (Å²) in [6.45, 7) is 4.10. The molecule has 26 heavy (non-hydrogen) atoms. The molecule has 0 saturated heterocycles. The molecule has 7 nitrogen and oxygen atoms in total. The van der Waals surface area contributed by atoms with Crippen molar-refractivity contribution >= 4 is 26.8 Å². The van der Waals surface area contributed by atoms with Gasteiger partial charge in [0.2, 0.25) is 0 Å². The van der Waals surface area contributed by atoms with Gasteiger partial charge >= 0.3 is 0 Å². The minimum Gasteiger partial charge on any atom is -0.310 e. The molecule has 0 bridgehead atoms. The zero-order chi connectivity index (χ0) is 18.3. The van der Waals surface area contributed by atoms with E-state index in [2.05, 4.69) is 36.1 Å². The van der Waals surface area contributed by atoms with Crippen LogP contribution in [0.4, 0.5) is 0 Å². The molecule has 0 atom stereocenters. The van der Waals surface area contributed by atoms with E-state index < -0.39 is 0 Å². The third-order valence-electron chi connectivity index (χ3n) is 4.06. The van der Waals surface area contributed by atoms with E-state index in [-0.39, 0.29) is 11.6 Å². The van der Waals surface area contributed by atoms with Crippen LogP contribution in [0, 0.1) is 0 Å². The Hall–Kier alpha value is -2.87. The molecular weight excluding hydrogens is 396 g/mol. The first-order chi connectivity index (χ1) is 12.5. The molecule has 0 amide bonds. The van der Waals surface area contributed by atoms with Crippen molar-refractivity contribution in [2.24, 2.45) is 0 Å². The van der Waals surface area contributed by atoms with Crippen molar-refractivity contribution in [2.45, 2.75) is 19.9 Å². The predicted molar refractivity (Wildman–Crippen MR) is 102 cm³/mol. The van der Waals surface area contributed by atoms with Crippen LogP contribution < -0.4 is 5.56 Å². The minimum atomic E-state index is -0.175. The number of hydrogen-bond donors (Lipinski definition) is 0. The monoisotopic (exact) mass is 410 g/mol. The molecule has 0 saturated carbocycles. The highest BCUT2D eigenvalue weighted by Crippen LogP contribution is 2.20. The molecule has 3 heterocycles. The number of halogens is 1. The van der Waals surface area contributed by atoms with Gasteiger partial charge in [-0.3, -0.25) is 9.36 Å². The Balaban J connectivity index is 1.87. The van der Waals surface area contributed by atoms with Gasteiger partial charge < -0.3 is 4.57 Å². The van der Waals surface area contributed by atoms with Crippen molar-refractivity contribution in [3.05, 3.63) is 63.9 Å². The fourth-order valence-electron chi connectivity index (χ4n) is 2.74. The quantitative estimate of drug-likeness (QED) is 0.517. The van der Waals surface area contributed by atoms with Crippen molar-refractivity contribution in [3.8, 4) is 17.3 Å². The molecule has 0 fully saturated rings. The fourth-order valence-corrected chi connectivity index (χ4v) is 3.10. The molecule has 0 aliphatic carbocycles. The van der Waals surface area contributed by atoms with E-state index in [0.717, 1.165) is 4.47 Å². The Morgan fingerprint density at radius 3 is 2.77 bits per heavy atom. The number of hydrogen-bond acceptors (Lipinski definition) is 5. The highest BCUT2D eigenvalue weighted by molar-refractivity contribution is 9.10. The summed E-state index contributed by atoms with van der Waals surface area (Å²) in [5.41, 5.74) is 1.12. The van der Waals surface area contributed by atoms with Gasteiger partial charge in [0.25, 0.3) is 5.56 Å². The molecule has 4 aromatic rings. The van der Waals surface area contributed by atoms with E-state index in [1.54, 1.807) is 24.5 Å². The lowest BCUT2D eigenvalue weighted by Crippen LogP contribution is -2.20. The molecule has 0 spiro atoms. The van der Waals surface area contributed by atoms with Crippen LogP contribution in [0.3, 0.4) is 0 Å². The van der Waals surface area contributed by atoms with Crippen LogP contribution in [-0.4, -0.2) is 29.3 Å². The smallest absolute Gasteiger partial charge is 0.267 e. The third kappa shape index (κ3) is 2.82. The van der Waals surface area contributed by atoms with Gasteiger partial charge in [-0.05, 0) is 44.2 Å².